The van der Waals surface area contributed by atoms with Crippen molar-refractivity contribution < 1.29 is 51.0 Å². The average Bonchev–Trinajstić information content (AvgIpc) is 4.09. The summed E-state index contributed by atoms with van der Waals surface area (Å²) in [5.41, 5.74) is 1.43. The number of nitrogens with zero attached hydrogens (tertiary/aromatic N) is 2. The predicted octanol–water partition coefficient (Wildman–Crippen LogP) is 5.82. The number of hydrogen-bond donors (Lipinski definition) is 3. The van der Waals surface area contributed by atoms with Crippen molar-refractivity contribution in [3.05, 3.63) is 72.3 Å². The molecule has 2 aliphatic heterocycles. The molecule has 2 aromatic carbocycles. The van der Waals surface area contributed by atoms with E-state index in [2.05, 4.69) is 15.4 Å². The highest BCUT2D eigenvalue weighted by molar-refractivity contribution is 7.91. The number of esters is 1. The molecule has 4 amide bonds. The van der Waals surface area contributed by atoms with E-state index >= 15 is 0 Å². The maximum atomic E-state index is 14.8. The number of allylic oxidation sites excluding steroid dienone is 1. The van der Waals surface area contributed by atoms with Gasteiger partial charge >= 0.3 is 12.1 Å². The number of ether oxygens (including phenoxy) is 3. The Hall–Kier alpha value is -5.97. The largest absolute Gasteiger partial charge is 0.484 e. The molecule has 63 heavy (non-hydrogen) atoms. The third kappa shape index (κ3) is 8.84. The molecule has 2 aromatic heterocycles. The van der Waals surface area contributed by atoms with Gasteiger partial charge in [0.15, 0.2) is 11.3 Å². The van der Waals surface area contributed by atoms with Crippen LogP contribution in [0.1, 0.15) is 93.8 Å². The summed E-state index contributed by atoms with van der Waals surface area (Å²) in [7, 11) is -2.62. The fourth-order valence-electron chi connectivity index (χ4n) is 9.14. The van der Waals surface area contributed by atoms with Crippen molar-refractivity contribution >= 4 is 61.9 Å². The van der Waals surface area contributed by atoms with E-state index in [0.717, 1.165) is 43.9 Å². The zero-order valence-electron chi connectivity index (χ0n) is 35.0. The number of carbonyl (C=O) groups excluding carboxylic acids is 5. The van der Waals surface area contributed by atoms with E-state index in [1.807, 2.05) is 36.4 Å². The van der Waals surface area contributed by atoms with Crippen LogP contribution in [-0.2, 0) is 33.9 Å². The number of fused-ring (bicyclic) bond motifs is 5. The minimum absolute atomic E-state index is 0.0113. The van der Waals surface area contributed by atoms with Crippen LogP contribution in [0.4, 0.5) is 4.79 Å². The van der Waals surface area contributed by atoms with Crippen molar-refractivity contribution in [2.75, 3.05) is 13.7 Å². The second-order valence-corrected chi connectivity index (χ2v) is 19.3. The summed E-state index contributed by atoms with van der Waals surface area (Å²) in [5.74, 6) is -2.61. The minimum Gasteiger partial charge on any atom is -0.484 e. The summed E-state index contributed by atoms with van der Waals surface area (Å²) < 4.78 is 51.8. The van der Waals surface area contributed by atoms with Gasteiger partial charge in [-0.3, -0.25) is 19.1 Å². The number of pyridine rings is 1. The quantitative estimate of drug-likeness (QED) is 0.134. The normalized spacial score (nSPS) is 25.6. The number of aromatic nitrogens is 1. The van der Waals surface area contributed by atoms with Crippen LogP contribution in [0.15, 0.2) is 71.2 Å². The summed E-state index contributed by atoms with van der Waals surface area (Å²) in [4.78, 5) is 75.2. The number of hydrogen-bond acceptors (Lipinski definition) is 12. The lowest BCUT2D eigenvalue weighted by Gasteiger charge is -2.30. The first-order chi connectivity index (χ1) is 30.4. The van der Waals surface area contributed by atoms with Crippen LogP contribution >= 0.6 is 0 Å². The lowest BCUT2D eigenvalue weighted by Crippen LogP contribution is -2.58. The van der Waals surface area contributed by atoms with E-state index in [9.17, 15) is 32.4 Å². The molecule has 3 saturated carbocycles. The van der Waals surface area contributed by atoms with Crippen molar-refractivity contribution in [1.82, 2.24) is 25.2 Å². The van der Waals surface area contributed by atoms with Gasteiger partial charge in [-0.1, -0.05) is 49.3 Å². The van der Waals surface area contributed by atoms with Crippen molar-refractivity contribution in [2.45, 2.75) is 119 Å². The predicted molar refractivity (Wildman–Crippen MR) is 230 cm³/mol. The smallest absolute Gasteiger partial charge is 0.408 e. The Kier molecular flexibility index (Phi) is 11.6. The number of para-hydroxylation sites is 1. The molecule has 0 radical (unpaired) electrons. The van der Waals surface area contributed by atoms with Gasteiger partial charge in [-0.2, -0.15) is 0 Å². The molecule has 16 nitrogen and oxygen atoms in total. The molecule has 4 fully saturated rings. The van der Waals surface area contributed by atoms with Crippen molar-refractivity contribution in [1.29, 1.82) is 0 Å². The van der Waals surface area contributed by atoms with E-state index in [1.165, 1.54) is 12.0 Å². The van der Waals surface area contributed by atoms with Gasteiger partial charge in [0.05, 0.1) is 30.2 Å². The Labute approximate surface area is 364 Å². The van der Waals surface area contributed by atoms with Crippen molar-refractivity contribution in [2.24, 2.45) is 5.92 Å². The Balaban J connectivity index is 1.05. The number of rotatable bonds is 9. The van der Waals surface area contributed by atoms with Crippen molar-refractivity contribution in [3.8, 4) is 17.0 Å². The van der Waals surface area contributed by atoms with Gasteiger partial charge < -0.3 is 34.2 Å². The highest BCUT2D eigenvalue weighted by Gasteiger charge is 2.62. The Bertz CT molecular complexity index is 2580. The van der Waals surface area contributed by atoms with Gasteiger partial charge in [0.1, 0.15) is 40.9 Å². The molecular formula is C46H51N5O11S. The minimum atomic E-state index is -3.93. The van der Waals surface area contributed by atoms with Crippen LogP contribution in [0.25, 0.3) is 33.3 Å². The summed E-state index contributed by atoms with van der Waals surface area (Å²) in [6.07, 6.45) is 9.68. The molecule has 3 aliphatic carbocycles. The maximum Gasteiger partial charge on any atom is 0.408 e. The second kappa shape index (κ2) is 17.3. The first kappa shape index (κ1) is 42.3. The summed E-state index contributed by atoms with van der Waals surface area (Å²) in [6.45, 7) is -0.0709. The SMILES string of the molecule is COC(=O)c1ccc(-c2cc(O[C@@H]3C[C@H]4C(=O)N[C@]5(C(=O)NS(=O)(=O)C6CC6)C[C@H]5C=CCCCCC[C@H](NC(=O)OC5CCCC5)C(=O)N4C3)c3oc4ccccc4c3n2)cc1. The molecule has 0 bridgehead atoms. The van der Waals surface area contributed by atoms with Crippen LogP contribution < -0.4 is 20.1 Å². The number of sulfonamides is 1. The molecular weight excluding hydrogens is 831 g/mol. The van der Waals surface area contributed by atoms with Crippen LogP contribution in [-0.4, -0.2) is 96.8 Å². The molecule has 5 atom stereocenters. The number of benzene rings is 2. The second-order valence-electron chi connectivity index (χ2n) is 17.4. The Morgan fingerprint density at radius 1 is 0.937 bits per heavy atom. The number of furan rings is 1. The van der Waals surface area contributed by atoms with Gasteiger partial charge in [0, 0.05) is 29.4 Å². The van der Waals surface area contributed by atoms with E-state index in [1.54, 1.807) is 30.3 Å². The number of carbonyl (C=O) groups is 5. The number of nitrogens with one attached hydrogen (secondary N) is 3. The molecule has 4 aromatic rings. The fourth-order valence-corrected chi connectivity index (χ4v) is 10.5. The summed E-state index contributed by atoms with van der Waals surface area (Å²) in [5, 5.41) is 5.81. The van der Waals surface area contributed by atoms with E-state index < -0.39 is 74.7 Å². The first-order valence-electron chi connectivity index (χ1n) is 21.9. The third-order valence-electron chi connectivity index (χ3n) is 12.9. The number of amides is 4. The topological polar surface area (TPSA) is 213 Å². The van der Waals surface area contributed by atoms with Crippen molar-refractivity contribution in [3.63, 3.8) is 0 Å². The van der Waals surface area contributed by atoms with Gasteiger partial charge in [-0.15, -0.1) is 0 Å². The average molecular weight is 882 g/mol. The van der Waals surface area contributed by atoms with E-state index in [4.69, 9.17) is 23.6 Å². The monoisotopic (exact) mass is 881 g/mol. The molecule has 1 saturated heterocycles. The zero-order valence-corrected chi connectivity index (χ0v) is 35.8. The molecule has 0 spiro atoms. The Morgan fingerprint density at radius 3 is 2.46 bits per heavy atom. The van der Waals surface area contributed by atoms with Crippen LogP contribution in [0, 0.1) is 5.92 Å². The van der Waals surface area contributed by atoms with Gasteiger partial charge in [0.25, 0.3) is 5.91 Å². The molecule has 5 aliphatic rings. The zero-order chi connectivity index (χ0) is 43.9. The third-order valence-corrected chi connectivity index (χ3v) is 14.7. The number of methoxy groups -OCH3 is 1. The first-order valence-corrected chi connectivity index (χ1v) is 23.5. The fraction of sp³-hybridized carbons (Fsp3) is 0.478. The van der Waals surface area contributed by atoms with E-state index in [-0.39, 0.29) is 25.5 Å². The molecule has 3 N–H and O–H groups in total. The van der Waals surface area contributed by atoms with Gasteiger partial charge in [0.2, 0.25) is 21.8 Å². The lowest BCUT2D eigenvalue weighted by atomic mass is 10.0. The molecule has 332 valence electrons. The summed E-state index contributed by atoms with van der Waals surface area (Å²) in [6, 6.07) is 13.7. The molecule has 4 heterocycles. The van der Waals surface area contributed by atoms with E-state index in [0.29, 0.717) is 71.4 Å². The van der Waals surface area contributed by atoms with Crippen LogP contribution in [0.3, 0.4) is 0 Å². The van der Waals surface area contributed by atoms with Gasteiger partial charge in [-0.05, 0) is 88.5 Å². The maximum absolute atomic E-state index is 14.8. The molecule has 0 unspecified atom stereocenters. The number of alkyl carbamates (subject to hydrolysis) is 1. The standard InChI is InChI=1S/C46H51N5O11S/c1-59-43(54)28-19-17-27(18-20-28)35-24-38(40-39(47-35)33-14-9-10-16-37(33)62-40)60-31-23-36-41(52)49-46(44(55)50-63(57,58)32-21-22-32)25-29(46)11-5-3-2-4-6-15-34(42(53)51(36)26-31)48-45(56)61-30-12-7-8-13-30/h5,9-11,14,16-20,24,29-32,34,36H,2-4,6-8,12-13,15,21-23,25-26H2,1H3,(H,48,56)(H,49,52)(H,50,55)/t29-,31-,34+,36+,46-/m1/s1. The lowest BCUT2D eigenvalue weighted by molar-refractivity contribution is -0.141. The highest BCUT2D eigenvalue weighted by Crippen LogP contribution is 2.46. The molecule has 17 heteroatoms. The van der Waals surface area contributed by atoms with Gasteiger partial charge in [-0.25, -0.2) is 23.0 Å². The summed E-state index contributed by atoms with van der Waals surface area (Å²) >= 11 is 0. The molecule has 9 rings (SSSR count). The van der Waals surface area contributed by atoms with Crippen LogP contribution in [0.5, 0.6) is 5.75 Å². The highest BCUT2D eigenvalue weighted by atomic mass is 32.2. The van der Waals surface area contributed by atoms with Crippen LogP contribution in [0.2, 0.25) is 0 Å². The Morgan fingerprint density at radius 2 is 1.70 bits per heavy atom.